The van der Waals surface area contributed by atoms with Gasteiger partial charge in [-0.05, 0) is 18.1 Å². The van der Waals surface area contributed by atoms with Gasteiger partial charge in [-0.25, -0.2) is 9.78 Å². The van der Waals surface area contributed by atoms with Gasteiger partial charge in [-0.2, -0.15) is 0 Å². The van der Waals surface area contributed by atoms with Crippen LogP contribution in [0.2, 0.25) is 0 Å². The van der Waals surface area contributed by atoms with Crippen molar-refractivity contribution in [2.45, 2.75) is 20.0 Å². The van der Waals surface area contributed by atoms with Gasteiger partial charge in [0.1, 0.15) is 12.4 Å². The molecule has 0 aliphatic rings. The van der Waals surface area contributed by atoms with Gasteiger partial charge >= 0.3 is 5.97 Å². The molecule has 1 aromatic heterocycles. The summed E-state index contributed by atoms with van der Waals surface area (Å²) in [6.07, 6.45) is 4.32. The fourth-order valence-corrected chi connectivity index (χ4v) is 1.77. The lowest BCUT2D eigenvalue weighted by atomic mass is 10.1. The van der Waals surface area contributed by atoms with Gasteiger partial charge in [-0.1, -0.05) is 25.1 Å². The Kier molecular flexibility index (Phi) is 3.77. The number of esters is 1. The van der Waals surface area contributed by atoms with Gasteiger partial charge in [0.05, 0.1) is 5.56 Å². The molecule has 0 spiro atoms. The number of benzene rings is 1. The number of ether oxygens (including phenoxy) is 1. The van der Waals surface area contributed by atoms with Gasteiger partial charge < -0.3 is 9.30 Å². The van der Waals surface area contributed by atoms with E-state index in [0.29, 0.717) is 5.56 Å². The van der Waals surface area contributed by atoms with Crippen LogP contribution in [0.5, 0.6) is 0 Å². The van der Waals surface area contributed by atoms with Gasteiger partial charge in [0, 0.05) is 19.4 Å². The quantitative estimate of drug-likeness (QED) is 0.775. The van der Waals surface area contributed by atoms with Gasteiger partial charge in [-0.15, -0.1) is 0 Å². The van der Waals surface area contributed by atoms with Gasteiger partial charge in [-0.3, -0.25) is 0 Å². The summed E-state index contributed by atoms with van der Waals surface area (Å²) >= 11 is 0. The molecule has 0 N–H and O–H groups in total. The maximum atomic E-state index is 12.0. The van der Waals surface area contributed by atoms with Crippen molar-refractivity contribution in [3.63, 3.8) is 0 Å². The van der Waals surface area contributed by atoms with Crippen LogP contribution in [-0.2, 0) is 24.8 Å². The lowest BCUT2D eigenvalue weighted by molar-refractivity contribution is 0.0458. The monoisotopic (exact) mass is 244 g/mol. The molecule has 4 heteroatoms. The smallest absolute Gasteiger partial charge is 0.338 e. The van der Waals surface area contributed by atoms with E-state index >= 15 is 0 Å². The number of hydrogen-bond donors (Lipinski definition) is 0. The fraction of sp³-hybridized carbons (Fsp3) is 0.286. The Hall–Kier alpha value is -2.10. The van der Waals surface area contributed by atoms with Crippen molar-refractivity contribution in [1.82, 2.24) is 9.55 Å². The van der Waals surface area contributed by atoms with E-state index in [0.717, 1.165) is 17.8 Å². The molecular formula is C14H16N2O2. The second-order valence-electron chi connectivity index (χ2n) is 4.04. The third-order valence-electron chi connectivity index (χ3n) is 2.87. The highest BCUT2D eigenvalue weighted by Gasteiger charge is 2.12. The molecule has 0 aliphatic carbocycles. The lowest BCUT2D eigenvalue weighted by Gasteiger charge is -2.08. The SMILES string of the molecule is CCc1ccccc1C(=O)OCc1nccn1C. The predicted octanol–water partition coefficient (Wildman–Crippen LogP) is 2.34. The Labute approximate surface area is 106 Å². The number of nitrogens with zero attached hydrogens (tertiary/aromatic N) is 2. The molecule has 0 aliphatic heterocycles. The molecule has 0 atom stereocenters. The van der Waals surface area contributed by atoms with Crippen LogP contribution in [0.15, 0.2) is 36.7 Å². The van der Waals surface area contributed by atoms with Gasteiger partial charge in [0.25, 0.3) is 0 Å². The summed E-state index contributed by atoms with van der Waals surface area (Å²) in [6, 6.07) is 7.50. The molecule has 18 heavy (non-hydrogen) atoms. The molecule has 0 saturated carbocycles. The number of carbonyl (C=O) groups is 1. The summed E-state index contributed by atoms with van der Waals surface area (Å²) in [7, 11) is 1.87. The molecule has 2 rings (SSSR count). The Morgan fingerprint density at radius 2 is 2.17 bits per heavy atom. The molecule has 1 heterocycles. The summed E-state index contributed by atoms with van der Waals surface area (Å²) in [4.78, 5) is 16.1. The molecule has 0 bridgehead atoms. The van der Waals surface area contributed by atoms with Crippen molar-refractivity contribution in [2.75, 3.05) is 0 Å². The van der Waals surface area contributed by atoms with Crippen molar-refractivity contribution in [3.8, 4) is 0 Å². The van der Waals surface area contributed by atoms with Crippen molar-refractivity contribution in [1.29, 1.82) is 0 Å². The van der Waals surface area contributed by atoms with E-state index in [1.807, 2.05) is 42.9 Å². The van der Waals surface area contributed by atoms with Crippen LogP contribution in [0.4, 0.5) is 0 Å². The van der Waals surface area contributed by atoms with Crippen LogP contribution in [0.3, 0.4) is 0 Å². The molecule has 0 unspecified atom stereocenters. The van der Waals surface area contributed by atoms with Crippen molar-refractivity contribution in [2.24, 2.45) is 7.05 Å². The molecule has 1 aromatic carbocycles. The highest BCUT2D eigenvalue weighted by molar-refractivity contribution is 5.91. The summed E-state index contributed by atoms with van der Waals surface area (Å²) in [6.45, 7) is 2.21. The Morgan fingerprint density at radius 3 is 2.83 bits per heavy atom. The zero-order valence-corrected chi connectivity index (χ0v) is 10.6. The van der Waals surface area contributed by atoms with Crippen LogP contribution in [0.25, 0.3) is 0 Å². The summed E-state index contributed by atoms with van der Waals surface area (Å²) in [5.74, 6) is 0.438. The van der Waals surface area contributed by atoms with Crippen molar-refractivity contribution in [3.05, 3.63) is 53.6 Å². The minimum atomic E-state index is -0.296. The third-order valence-corrected chi connectivity index (χ3v) is 2.87. The number of rotatable bonds is 4. The first-order chi connectivity index (χ1) is 8.72. The van der Waals surface area contributed by atoms with Crippen LogP contribution in [-0.4, -0.2) is 15.5 Å². The average molecular weight is 244 g/mol. The van der Waals surface area contributed by atoms with E-state index in [9.17, 15) is 4.79 Å². The van der Waals surface area contributed by atoms with E-state index in [1.54, 1.807) is 12.3 Å². The minimum Gasteiger partial charge on any atom is -0.454 e. The van der Waals surface area contributed by atoms with Crippen molar-refractivity contribution < 1.29 is 9.53 Å². The zero-order chi connectivity index (χ0) is 13.0. The van der Waals surface area contributed by atoms with E-state index in [4.69, 9.17) is 4.74 Å². The topological polar surface area (TPSA) is 44.1 Å². The maximum absolute atomic E-state index is 12.0. The summed E-state index contributed by atoms with van der Waals surface area (Å²) in [5.41, 5.74) is 1.64. The normalized spacial score (nSPS) is 10.3. The largest absolute Gasteiger partial charge is 0.454 e. The van der Waals surface area contributed by atoms with E-state index in [-0.39, 0.29) is 12.6 Å². The first-order valence-corrected chi connectivity index (χ1v) is 5.93. The number of aromatic nitrogens is 2. The van der Waals surface area contributed by atoms with E-state index < -0.39 is 0 Å². The van der Waals surface area contributed by atoms with Crippen LogP contribution in [0.1, 0.15) is 28.7 Å². The number of aryl methyl sites for hydroxylation is 2. The van der Waals surface area contributed by atoms with Crippen LogP contribution in [0, 0.1) is 0 Å². The average Bonchev–Trinajstić information content (AvgIpc) is 2.81. The lowest BCUT2D eigenvalue weighted by Crippen LogP contribution is -2.10. The standard InChI is InChI=1S/C14H16N2O2/c1-3-11-6-4-5-7-12(11)14(17)18-10-13-15-8-9-16(13)2/h4-9H,3,10H2,1-2H3. The summed E-state index contributed by atoms with van der Waals surface area (Å²) < 4.78 is 7.11. The maximum Gasteiger partial charge on any atom is 0.338 e. The zero-order valence-electron chi connectivity index (χ0n) is 10.6. The van der Waals surface area contributed by atoms with Crippen molar-refractivity contribution >= 4 is 5.97 Å². The fourth-order valence-electron chi connectivity index (χ4n) is 1.77. The number of carbonyl (C=O) groups excluding carboxylic acids is 1. The Morgan fingerprint density at radius 1 is 1.39 bits per heavy atom. The molecule has 4 nitrogen and oxygen atoms in total. The van der Waals surface area contributed by atoms with Crippen LogP contribution >= 0.6 is 0 Å². The third kappa shape index (κ3) is 2.59. The number of imidazole rings is 1. The Bertz CT molecular complexity index is 546. The molecule has 94 valence electrons. The molecular weight excluding hydrogens is 228 g/mol. The molecule has 0 radical (unpaired) electrons. The van der Waals surface area contributed by atoms with E-state index in [1.165, 1.54) is 0 Å². The van der Waals surface area contributed by atoms with Gasteiger partial charge in [0.2, 0.25) is 0 Å². The van der Waals surface area contributed by atoms with Crippen LogP contribution < -0.4 is 0 Å². The predicted molar refractivity (Wildman–Crippen MR) is 68.1 cm³/mol. The first-order valence-electron chi connectivity index (χ1n) is 5.93. The minimum absolute atomic E-state index is 0.195. The number of hydrogen-bond acceptors (Lipinski definition) is 3. The Balaban J connectivity index is 2.06. The first kappa shape index (κ1) is 12.4. The summed E-state index contributed by atoms with van der Waals surface area (Å²) in [5, 5.41) is 0. The molecule has 0 saturated heterocycles. The highest BCUT2D eigenvalue weighted by Crippen LogP contribution is 2.11. The van der Waals surface area contributed by atoms with E-state index in [2.05, 4.69) is 4.98 Å². The van der Waals surface area contributed by atoms with Gasteiger partial charge in [0.15, 0.2) is 0 Å². The molecule has 0 amide bonds. The molecule has 2 aromatic rings. The second-order valence-corrected chi connectivity index (χ2v) is 4.04. The second kappa shape index (κ2) is 5.49. The molecule has 0 fully saturated rings. The highest BCUT2D eigenvalue weighted by atomic mass is 16.5.